The van der Waals surface area contributed by atoms with Crippen LogP contribution in [0.25, 0.3) is 0 Å². The van der Waals surface area contributed by atoms with Crippen molar-refractivity contribution in [1.82, 2.24) is 5.32 Å². The second-order valence-electron chi connectivity index (χ2n) is 4.96. The van der Waals surface area contributed by atoms with Crippen molar-refractivity contribution < 1.29 is 4.79 Å². The van der Waals surface area contributed by atoms with Crippen LogP contribution in [0.3, 0.4) is 0 Å². The van der Waals surface area contributed by atoms with Crippen molar-refractivity contribution in [2.45, 2.75) is 26.3 Å². The molecule has 1 unspecified atom stereocenters. The first-order valence-corrected chi connectivity index (χ1v) is 5.64. The quantitative estimate of drug-likeness (QED) is 0.778. The molecule has 0 aromatic heterocycles. The van der Waals surface area contributed by atoms with Crippen molar-refractivity contribution in [2.75, 3.05) is 5.73 Å². The topological polar surface area (TPSA) is 55.1 Å². The number of nitrogens with one attached hydrogen (secondary N) is 1. The Bertz CT molecular complexity index is 443. The Morgan fingerprint density at radius 1 is 1.56 bits per heavy atom. The van der Waals surface area contributed by atoms with Crippen molar-refractivity contribution >= 4 is 23.2 Å². The van der Waals surface area contributed by atoms with Gasteiger partial charge < -0.3 is 11.1 Å². The van der Waals surface area contributed by atoms with Crippen LogP contribution in [-0.4, -0.2) is 11.9 Å². The maximum atomic E-state index is 11.9. The number of nitrogen functional groups attached to an aromatic ring is 1. The van der Waals surface area contributed by atoms with Crippen LogP contribution in [0.15, 0.2) is 18.2 Å². The molecule has 0 aliphatic heterocycles. The third-order valence-corrected chi connectivity index (χ3v) is 3.38. The van der Waals surface area contributed by atoms with Crippen molar-refractivity contribution in [3.05, 3.63) is 28.8 Å². The molecule has 1 fully saturated rings. The van der Waals surface area contributed by atoms with Crippen LogP contribution in [0.2, 0.25) is 5.02 Å². The summed E-state index contributed by atoms with van der Waals surface area (Å²) in [6.07, 6.45) is 1.01. The number of hydrogen-bond acceptors (Lipinski definition) is 2. The van der Waals surface area contributed by atoms with Gasteiger partial charge in [0.05, 0.1) is 10.6 Å². The highest BCUT2D eigenvalue weighted by Crippen LogP contribution is 2.44. The van der Waals surface area contributed by atoms with Crippen LogP contribution >= 0.6 is 11.6 Å². The van der Waals surface area contributed by atoms with Crippen molar-refractivity contribution in [3.63, 3.8) is 0 Å². The molecule has 2 rings (SSSR count). The molecule has 1 atom stereocenters. The highest BCUT2D eigenvalue weighted by atomic mass is 35.5. The van der Waals surface area contributed by atoms with E-state index in [0.29, 0.717) is 16.3 Å². The largest absolute Gasteiger partial charge is 0.399 e. The normalized spacial score (nSPS) is 21.6. The average molecular weight is 239 g/mol. The minimum Gasteiger partial charge on any atom is -0.399 e. The summed E-state index contributed by atoms with van der Waals surface area (Å²) < 4.78 is 0. The Labute approximate surface area is 100.0 Å². The number of carbonyl (C=O) groups excluding carboxylic acids is 1. The summed E-state index contributed by atoms with van der Waals surface area (Å²) in [7, 11) is 0. The number of hydrogen-bond donors (Lipinski definition) is 2. The standard InChI is InChI=1S/C12H15ClN2O/c1-12(2)6-10(12)15-11(16)8-5-7(14)3-4-9(8)13/h3-5,10H,6,14H2,1-2H3,(H,15,16). The number of anilines is 1. The van der Waals surface area contributed by atoms with Gasteiger partial charge in [-0.05, 0) is 30.0 Å². The van der Waals surface area contributed by atoms with Crippen LogP contribution in [0.4, 0.5) is 5.69 Å². The van der Waals surface area contributed by atoms with Crippen molar-refractivity contribution in [2.24, 2.45) is 5.41 Å². The van der Waals surface area contributed by atoms with Gasteiger partial charge >= 0.3 is 0 Å². The average Bonchev–Trinajstić information content (AvgIpc) is 2.77. The summed E-state index contributed by atoms with van der Waals surface area (Å²) in [4.78, 5) is 11.9. The minimum atomic E-state index is -0.145. The fourth-order valence-corrected chi connectivity index (χ4v) is 1.87. The zero-order valence-corrected chi connectivity index (χ0v) is 10.1. The van der Waals surface area contributed by atoms with Crippen LogP contribution < -0.4 is 11.1 Å². The van der Waals surface area contributed by atoms with Gasteiger partial charge in [-0.25, -0.2) is 0 Å². The molecule has 1 aromatic carbocycles. The number of halogens is 1. The van der Waals surface area contributed by atoms with E-state index in [9.17, 15) is 4.79 Å². The van der Waals surface area contributed by atoms with E-state index in [1.807, 2.05) is 0 Å². The molecule has 0 bridgehead atoms. The molecule has 1 aromatic rings. The van der Waals surface area contributed by atoms with E-state index in [0.717, 1.165) is 6.42 Å². The van der Waals surface area contributed by atoms with Gasteiger partial charge in [-0.1, -0.05) is 25.4 Å². The van der Waals surface area contributed by atoms with Crippen LogP contribution in [-0.2, 0) is 0 Å². The predicted octanol–water partition coefficient (Wildman–Crippen LogP) is 2.45. The maximum Gasteiger partial charge on any atom is 0.253 e. The molecule has 4 heteroatoms. The molecule has 1 aliphatic carbocycles. The molecule has 0 heterocycles. The second-order valence-corrected chi connectivity index (χ2v) is 5.37. The SMILES string of the molecule is CC1(C)CC1NC(=O)c1cc(N)ccc1Cl. The summed E-state index contributed by atoms with van der Waals surface area (Å²) in [6, 6.07) is 5.18. The summed E-state index contributed by atoms with van der Waals surface area (Å²) in [5, 5.41) is 3.38. The smallest absolute Gasteiger partial charge is 0.253 e. The first-order valence-electron chi connectivity index (χ1n) is 5.26. The lowest BCUT2D eigenvalue weighted by molar-refractivity contribution is 0.0946. The van der Waals surface area contributed by atoms with Gasteiger partial charge in [-0.3, -0.25) is 4.79 Å². The fourth-order valence-electron chi connectivity index (χ4n) is 1.67. The van der Waals surface area contributed by atoms with Crippen LogP contribution in [0.1, 0.15) is 30.6 Å². The Morgan fingerprint density at radius 3 is 2.75 bits per heavy atom. The van der Waals surface area contributed by atoms with Gasteiger partial charge in [0.15, 0.2) is 0 Å². The number of benzene rings is 1. The molecule has 1 saturated carbocycles. The van der Waals surface area contributed by atoms with E-state index >= 15 is 0 Å². The third-order valence-electron chi connectivity index (χ3n) is 3.05. The molecule has 0 spiro atoms. The Hall–Kier alpha value is -1.22. The van der Waals surface area contributed by atoms with Gasteiger partial charge in [0, 0.05) is 11.7 Å². The lowest BCUT2D eigenvalue weighted by atomic mass is 10.1. The zero-order valence-electron chi connectivity index (χ0n) is 9.38. The molecule has 1 aliphatic rings. The molecular formula is C12H15ClN2O. The Kier molecular flexibility index (Phi) is 2.58. The number of nitrogens with two attached hydrogens (primary N) is 1. The lowest BCUT2D eigenvalue weighted by Gasteiger charge is -2.08. The number of carbonyl (C=O) groups is 1. The van der Waals surface area contributed by atoms with Gasteiger partial charge in [-0.15, -0.1) is 0 Å². The fraction of sp³-hybridized carbons (Fsp3) is 0.417. The minimum absolute atomic E-state index is 0.145. The van der Waals surface area contributed by atoms with E-state index in [1.54, 1.807) is 18.2 Å². The maximum absolute atomic E-state index is 11.9. The lowest BCUT2D eigenvalue weighted by Crippen LogP contribution is -2.28. The molecule has 0 saturated heterocycles. The van der Waals surface area contributed by atoms with Crippen LogP contribution in [0.5, 0.6) is 0 Å². The third kappa shape index (κ3) is 2.14. The first kappa shape index (κ1) is 11.3. The van der Waals surface area contributed by atoms with Crippen molar-refractivity contribution in [3.8, 4) is 0 Å². The summed E-state index contributed by atoms with van der Waals surface area (Å²) in [5.41, 5.74) is 6.83. The van der Waals surface area contributed by atoms with Gasteiger partial charge in [-0.2, -0.15) is 0 Å². The highest BCUT2D eigenvalue weighted by Gasteiger charge is 2.46. The monoisotopic (exact) mass is 238 g/mol. The molecule has 3 N–H and O–H groups in total. The molecule has 3 nitrogen and oxygen atoms in total. The summed E-state index contributed by atoms with van der Waals surface area (Å²) in [6.45, 7) is 4.25. The van der Waals surface area contributed by atoms with Crippen LogP contribution in [0, 0.1) is 5.41 Å². The number of rotatable bonds is 2. The van der Waals surface area contributed by atoms with E-state index in [4.69, 9.17) is 17.3 Å². The molecule has 1 amide bonds. The zero-order chi connectivity index (χ0) is 11.9. The van der Waals surface area contributed by atoms with E-state index in [2.05, 4.69) is 19.2 Å². The van der Waals surface area contributed by atoms with Gasteiger partial charge in [0.25, 0.3) is 5.91 Å². The van der Waals surface area contributed by atoms with Gasteiger partial charge in [0.1, 0.15) is 0 Å². The van der Waals surface area contributed by atoms with Gasteiger partial charge in [0.2, 0.25) is 0 Å². The van der Waals surface area contributed by atoms with E-state index in [-0.39, 0.29) is 17.4 Å². The van der Waals surface area contributed by atoms with E-state index in [1.165, 1.54) is 0 Å². The number of amides is 1. The first-order chi connectivity index (χ1) is 7.40. The molecule has 0 radical (unpaired) electrons. The highest BCUT2D eigenvalue weighted by molar-refractivity contribution is 6.34. The molecule has 86 valence electrons. The van der Waals surface area contributed by atoms with Crippen molar-refractivity contribution in [1.29, 1.82) is 0 Å². The van der Waals surface area contributed by atoms with E-state index < -0.39 is 0 Å². The summed E-state index contributed by atoms with van der Waals surface area (Å²) >= 11 is 5.95. The second kappa shape index (κ2) is 3.67. The summed E-state index contributed by atoms with van der Waals surface area (Å²) in [5.74, 6) is -0.145. The predicted molar refractivity (Wildman–Crippen MR) is 65.5 cm³/mol. The molecule has 16 heavy (non-hydrogen) atoms. The Balaban J connectivity index is 2.12. The molecular weight excluding hydrogens is 224 g/mol. The Morgan fingerprint density at radius 2 is 2.19 bits per heavy atom.